The minimum absolute atomic E-state index is 0.0382. The SMILES string of the molecule is CC(C)C[C@H](NC(=O)OC(C)(C)C)C(=O)NS(=O)(=O)c1cccc2c1OCCC2. The number of rotatable bonds is 6. The zero-order chi connectivity index (χ0) is 21.8. The van der Waals surface area contributed by atoms with Crippen LogP contribution in [-0.2, 0) is 26.0 Å². The molecule has 0 saturated carbocycles. The Bertz CT molecular complexity index is 858. The van der Waals surface area contributed by atoms with Gasteiger partial charge < -0.3 is 14.8 Å². The molecule has 0 aliphatic carbocycles. The maximum atomic E-state index is 12.9. The first-order valence-corrected chi connectivity index (χ1v) is 11.2. The van der Waals surface area contributed by atoms with E-state index in [4.69, 9.17) is 9.47 Å². The van der Waals surface area contributed by atoms with E-state index in [1.165, 1.54) is 6.07 Å². The summed E-state index contributed by atoms with van der Waals surface area (Å²) >= 11 is 0. The number of alkyl carbamates (subject to hydrolysis) is 1. The fourth-order valence-electron chi connectivity index (χ4n) is 2.98. The quantitative estimate of drug-likeness (QED) is 0.724. The van der Waals surface area contributed by atoms with Crippen molar-refractivity contribution in [2.45, 2.75) is 70.4 Å². The maximum absolute atomic E-state index is 12.9. The van der Waals surface area contributed by atoms with Gasteiger partial charge in [-0.05, 0) is 57.6 Å². The molecular weight excluding hydrogens is 396 g/mol. The number of amides is 2. The third kappa shape index (κ3) is 6.62. The van der Waals surface area contributed by atoms with Crippen LogP contribution in [0.1, 0.15) is 53.0 Å². The molecule has 1 aromatic rings. The Labute approximate surface area is 172 Å². The van der Waals surface area contributed by atoms with Crippen LogP contribution in [0.2, 0.25) is 0 Å². The predicted octanol–water partition coefficient (Wildman–Crippen LogP) is 2.76. The molecule has 1 aliphatic heterocycles. The number of hydrogen-bond donors (Lipinski definition) is 2. The Morgan fingerprint density at radius 2 is 1.93 bits per heavy atom. The lowest BCUT2D eigenvalue weighted by molar-refractivity contribution is -0.121. The van der Waals surface area contributed by atoms with Gasteiger partial charge in [0.1, 0.15) is 22.3 Å². The Morgan fingerprint density at radius 1 is 1.24 bits per heavy atom. The topological polar surface area (TPSA) is 111 Å². The van der Waals surface area contributed by atoms with Crippen molar-refractivity contribution in [3.63, 3.8) is 0 Å². The van der Waals surface area contributed by atoms with Crippen LogP contribution >= 0.6 is 0 Å². The lowest BCUT2D eigenvalue weighted by Crippen LogP contribution is -2.50. The molecule has 1 atom stereocenters. The average Bonchev–Trinajstić information content (AvgIpc) is 2.58. The second kappa shape index (κ2) is 9.02. The molecule has 2 rings (SSSR count). The molecule has 9 heteroatoms. The molecule has 0 unspecified atom stereocenters. The van der Waals surface area contributed by atoms with Gasteiger partial charge in [-0.2, -0.15) is 0 Å². The van der Waals surface area contributed by atoms with Crippen molar-refractivity contribution in [3.05, 3.63) is 23.8 Å². The Morgan fingerprint density at radius 3 is 2.55 bits per heavy atom. The first-order valence-electron chi connectivity index (χ1n) is 9.70. The molecule has 0 spiro atoms. The standard InChI is InChI=1S/C20H30N2O6S/c1-13(2)12-15(21-19(24)28-20(3,4)5)18(23)22-29(25,26)16-10-6-8-14-9-7-11-27-17(14)16/h6,8,10,13,15H,7,9,11-12H2,1-5H3,(H,21,24)(H,22,23)/t15-/m0/s1. The highest BCUT2D eigenvalue weighted by molar-refractivity contribution is 7.90. The molecule has 1 aliphatic rings. The van der Waals surface area contributed by atoms with Crippen molar-refractivity contribution < 1.29 is 27.5 Å². The fourth-order valence-corrected chi connectivity index (χ4v) is 4.19. The van der Waals surface area contributed by atoms with Gasteiger partial charge in [0.25, 0.3) is 15.9 Å². The highest BCUT2D eigenvalue weighted by Crippen LogP contribution is 2.32. The third-order valence-corrected chi connectivity index (χ3v) is 5.51. The summed E-state index contributed by atoms with van der Waals surface area (Å²) in [5.74, 6) is -0.506. The van der Waals surface area contributed by atoms with E-state index >= 15 is 0 Å². The van der Waals surface area contributed by atoms with Crippen molar-refractivity contribution in [1.82, 2.24) is 10.0 Å². The van der Waals surface area contributed by atoms with E-state index in [1.807, 2.05) is 13.8 Å². The Hall–Kier alpha value is -2.29. The molecule has 0 fully saturated rings. The van der Waals surface area contributed by atoms with E-state index in [1.54, 1.807) is 32.9 Å². The summed E-state index contributed by atoms with van der Waals surface area (Å²) in [4.78, 5) is 24.8. The summed E-state index contributed by atoms with van der Waals surface area (Å²) in [7, 11) is -4.17. The fraction of sp³-hybridized carbons (Fsp3) is 0.600. The number of sulfonamides is 1. The summed E-state index contributed by atoms with van der Waals surface area (Å²) < 4.78 is 38.5. The lowest BCUT2D eigenvalue weighted by atomic mass is 10.0. The molecule has 2 N–H and O–H groups in total. The second-order valence-electron chi connectivity index (χ2n) is 8.49. The summed E-state index contributed by atoms with van der Waals surface area (Å²) in [5, 5.41) is 2.47. The van der Waals surface area contributed by atoms with Crippen molar-refractivity contribution >= 4 is 22.0 Å². The first kappa shape index (κ1) is 23.0. The highest BCUT2D eigenvalue weighted by atomic mass is 32.2. The molecule has 29 heavy (non-hydrogen) atoms. The van der Waals surface area contributed by atoms with Gasteiger partial charge in [0.15, 0.2) is 0 Å². The molecule has 0 saturated heterocycles. The van der Waals surface area contributed by atoms with Crippen LogP contribution in [0.4, 0.5) is 4.79 Å². The van der Waals surface area contributed by atoms with Crippen LogP contribution in [0, 0.1) is 5.92 Å². The smallest absolute Gasteiger partial charge is 0.408 e. The second-order valence-corrected chi connectivity index (χ2v) is 10.1. The van der Waals surface area contributed by atoms with Gasteiger partial charge in [-0.1, -0.05) is 26.0 Å². The summed E-state index contributed by atoms with van der Waals surface area (Å²) in [5.41, 5.74) is 0.0484. The third-order valence-electron chi connectivity index (χ3n) is 4.14. The van der Waals surface area contributed by atoms with Gasteiger partial charge in [-0.25, -0.2) is 17.9 Å². The van der Waals surface area contributed by atoms with Crippen molar-refractivity contribution in [2.24, 2.45) is 5.92 Å². The van der Waals surface area contributed by atoms with Crippen LogP contribution in [-0.4, -0.2) is 38.7 Å². The van der Waals surface area contributed by atoms with E-state index in [9.17, 15) is 18.0 Å². The van der Waals surface area contributed by atoms with Crippen molar-refractivity contribution in [1.29, 1.82) is 0 Å². The summed E-state index contributed by atoms with van der Waals surface area (Å²) in [6.45, 7) is 9.26. The van der Waals surface area contributed by atoms with Gasteiger partial charge >= 0.3 is 6.09 Å². The maximum Gasteiger partial charge on any atom is 0.408 e. The minimum atomic E-state index is -4.17. The van der Waals surface area contributed by atoms with Crippen molar-refractivity contribution in [3.8, 4) is 5.75 Å². The van der Waals surface area contributed by atoms with Gasteiger partial charge in [-0.3, -0.25) is 4.79 Å². The Balaban J connectivity index is 2.20. The number of nitrogens with one attached hydrogen (secondary N) is 2. The number of carbonyl (C=O) groups excluding carboxylic acids is 2. The number of fused-ring (bicyclic) bond motifs is 1. The van der Waals surface area contributed by atoms with Crippen molar-refractivity contribution in [2.75, 3.05) is 6.61 Å². The minimum Gasteiger partial charge on any atom is -0.492 e. The molecule has 0 bridgehead atoms. The monoisotopic (exact) mass is 426 g/mol. The predicted molar refractivity (Wildman–Crippen MR) is 108 cm³/mol. The van der Waals surface area contributed by atoms with E-state index in [0.717, 1.165) is 12.0 Å². The van der Waals surface area contributed by atoms with E-state index in [-0.39, 0.29) is 23.0 Å². The molecule has 1 heterocycles. The molecule has 0 radical (unpaired) electrons. The van der Waals surface area contributed by atoms with Gasteiger partial charge in [0, 0.05) is 0 Å². The first-order chi connectivity index (χ1) is 13.4. The van der Waals surface area contributed by atoms with E-state index < -0.39 is 33.7 Å². The van der Waals surface area contributed by atoms with Crippen LogP contribution in [0.5, 0.6) is 5.75 Å². The molecule has 162 valence electrons. The zero-order valence-electron chi connectivity index (χ0n) is 17.6. The normalized spacial score (nSPS) is 15.1. The number of ether oxygens (including phenoxy) is 2. The number of hydrogen-bond acceptors (Lipinski definition) is 6. The number of para-hydroxylation sites is 1. The average molecular weight is 427 g/mol. The molecule has 1 aromatic carbocycles. The molecular formula is C20H30N2O6S. The number of aryl methyl sites for hydroxylation is 1. The van der Waals surface area contributed by atoms with Crippen LogP contribution in [0.3, 0.4) is 0 Å². The molecule has 8 nitrogen and oxygen atoms in total. The molecule has 2 amide bonds. The highest BCUT2D eigenvalue weighted by Gasteiger charge is 2.31. The Kier molecular flexibility index (Phi) is 7.15. The zero-order valence-corrected chi connectivity index (χ0v) is 18.4. The summed E-state index contributed by atoms with van der Waals surface area (Å²) in [6, 6.07) is 3.77. The largest absolute Gasteiger partial charge is 0.492 e. The number of benzene rings is 1. The van der Waals surface area contributed by atoms with Crippen LogP contribution in [0.15, 0.2) is 23.1 Å². The van der Waals surface area contributed by atoms with E-state index in [2.05, 4.69) is 10.0 Å². The van der Waals surface area contributed by atoms with E-state index in [0.29, 0.717) is 13.0 Å². The van der Waals surface area contributed by atoms with Gasteiger partial charge in [0.2, 0.25) is 0 Å². The molecule has 0 aromatic heterocycles. The van der Waals surface area contributed by atoms with Gasteiger partial charge in [0.05, 0.1) is 6.61 Å². The summed E-state index contributed by atoms with van der Waals surface area (Å²) in [6.07, 6.45) is 0.988. The van der Waals surface area contributed by atoms with Crippen LogP contribution < -0.4 is 14.8 Å². The van der Waals surface area contributed by atoms with Gasteiger partial charge in [-0.15, -0.1) is 0 Å². The lowest BCUT2D eigenvalue weighted by Gasteiger charge is -2.24. The number of carbonyl (C=O) groups is 2. The van der Waals surface area contributed by atoms with Crippen LogP contribution in [0.25, 0.3) is 0 Å².